The minimum Gasteiger partial charge on any atom is -0.399 e. The van der Waals surface area contributed by atoms with Gasteiger partial charge in [0.05, 0.1) is 0 Å². The number of carbonyl (C=O) groups excluding carboxylic acids is 1. The third kappa shape index (κ3) is 5.92. The second-order valence-electron chi connectivity index (χ2n) is 3.93. The lowest BCUT2D eigenvalue weighted by molar-refractivity contribution is -0.120. The molecule has 1 aromatic rings. The van der Waals surface area contributed by atoms with Gasteiger partial charge in [-0.3, -0.25) is 4.79 Å². The van der Waals surface area contributed by atoms with Crippen LogP contribution in [0.4, 0.5) is 11.4 Å². The summed E-state index contributed by atoms with van der Waals surface area (Å²) in [5.41, 5.74) is 6.96. The number of nitrogens with one attached hydrogen (secondary N) is 1. The van der Waals surface area contributed by atoms with Crippen molar-refractivity contribution in [2.75, 3.05) is 24.3 Å². The normalized spacial score (nSPS) is 10.2. The highest BCUT2D eigenvalue weighted by molar-refractivity contribution is 5.91. The van der Waals surface area contributed by atoms with Crippen molar-refractivity contribution < 1.29 is 9.53 Å². The number of nitrogen functional groups attached to an aromatic ring is 1. The Bertz CT molecular complexity index is 336. The summed E-state index contributed by atoms with van der Waals surface area (Å²) >= 11 is 0. The molecule has 0 radical (unpaired) electrons. The van der Waals surface area contributed by atoms with Crippen molar-refractivity contribution in [2.24, 2.45) is 0 Å². The monoisotopic (exact) mass is 236 g/mol. The summed E-state index contributed by atoms with van der Waals surface area (Å²) in [6.07, 6.45) is 3.30. The van der Waals surface area contributed by atoms with Gasteiger partial charge in [-0.05, 0) is 30.7 Å². The zero-order valence-corrected chi connectivity index (χ0v) is 10.2. The van der Waals surface area contributed by atoms with E-state index in [-0.39, 0.29) is 12.5 Å². The molecule has 3 N–H and O–H groups in total. The topological polar surface area (TPSA) is 64.3 Å². The Morgan fingerprint density at radius 3 is 2.65 bits per heavy atom. The summed E-state index contributed by atoms with van der Waals surface area (Å²) in [6, 6.07) is 7.03. The van der Waals surface area contributed by atoms with Gasteiger partial charge >= 0.3 is 0 Å². The van der Waals surface area contributed by atoms with E-state index in [9.17, 15) is 4.79 Å². The summed E-state index contributed by atoms with van der Waals surface area (Å²) in [4.78, 5) is 11.5. The summed E-state index contributed by atoms with van der Waals surface area (Å²) < 4.78 is 5.26. The number of hydrogen-bond acceptors (Lipinski definition) is 3. The lowest BCUT2D eigenvalue weighted by Crippen LogP contribution is -2.18. The molecular weight excluding hydrogens is 216 g/mol. The lowest BCUT2D eigenvalue weighted by atomic mass is 10.3. The van der Waals surface area contributed by atoms with Gasteiger partial charge in [0.25, 0.3) is 0 Å². The van der Waals surface area contributed by atoms with Crippen molar-refractivity contribution >= 4 is 17.3 Å². The fraction of sp³-hybridized carbons (Fsp3) is 0.462. The highest BCUT2D eigenvalue weighted by Gasteiger charge is 2.01. The summed E-state index contributed by atoms with van der Waals surface area (Å²) in [7, 11) is 0. The average molecular weight is 236 g/mol. The number of amides is 1. The molecule has 0 bridgehead atoms. The number of anilines is 2. The summed E-state index contributed by atoms with van der Waals surface area (Å²) in [5.74, 6) is -0.133. The van der Waals surface area contributed by atoms with Crippen LogP contribution in [0.1, 0.15) is 26.2 Å². The van der Waals surface area contributed by atoms with E-state index in [4.69, 9.17) is 10.5 Å². The molecule has 0 aliphatic heterocycles. The molecule has 0 aliphatic rings. The van der Waals surface area contributed by atoms with Gasteiger partial charge in [-0.15, -0.1) is 0 Å². The van der Waals surface area contributed by atoms with Crippen LogP contribution in [-0.2, 0) is 9.53 Å². The zero-order chi connectivity index (χ0) is 12.5. The van der Waals surface area contributed by atoms with Gasteiger partial charge in [0.2, 0.25) is 5.91 Å². The summed E-state index contributed by atoms with van der Waals surface area (Å²) in [6.45, 7) is 2.88. The van der Waals surface area contributed by atoms with E-state index in [0.717, 1.165) is 24.9 Å². The molecule has 1 rings (SSSR count). The van der Waals surface area contributed by atoms with Crippen LogP contribution in [0.15, 0.2) is 24.3 Å². The van der Waals surface area contributed by atoms with E-state index >= 15 is 0 Å². The smallest absolute Gasteiger partial charge is 0.250 e. The Kier molecular flexibility index (Phi) is 6.10. The first-order valence-electron chi connectivity index (χ1n) is 5.95. The first kappa shape index (κ1) is 13.5. The van der Waals surface area contributed by atoms with Crippen LogP contribution in [0.5, 0.6) is 0 Å². The Morgan fingerprint density at radius 1 is 1.29 bits per heavy atom. The molecule has 0 fully saturated rings. The van der Waals surface area contributed by atoms with Gasteiger partial charge in [0.1, 0.15) is 6.61 Å². The van der Waals surface area contributed by atoms with Crippen molar-refractivity contribution in [2.45, 2.75) is 26.2 Å². The van der Waals surface area contributed by atoms with Crippen molar-refractivity contribution in [3.63, 3.8) is 0 Å². The number of hydrogen-bond donors (Lipinski definition) is 2. The third-order valence-corrected chi connectivity index (χ3v) is 2.32. The van der Waals surface area contributed by atoms with E-state index in [1.807, 2.05) is 0 Å². The van der Waals surface area contributed by atoms with Crippen LogP contribution in [0.2, 0.25) is 0 Å². The van der Waals surface area contributed by atoms with Gasteiger partial charge in [0, 0.05) is 18.0 Å². The number of rotatable bonds is 7. The van der Waals surface area contributed by atoms with Gasteiger partial charge in [-0.2, -0.15) is 0 Å². The maximum atomic E-state index is 11.5. The predicted molar refractivity (Wildman–Crippen MR) is 69.8 cm³/mol. The molecule has 0 saturated carbocycles. The second kappa shape index (κ2) is 7.68. The molecule has 17 heavy (non-hydrogen) atoms. The Balaban J connectivity index is 2.18. The Hall–Kier alpha value is -1.55. The zero-order valence-electron chi connectivity index (χ0n) is 10.2. The van der Waals surface area contributed by atoms with Gasteiger partial charge in [-0.1, -0.05) is 19.8 Å². The van der Waals surface area contributed by atoms with Crippen molar-refractivity contribution in [1.29, 1.82) is 0 Å². The van der Waals surface area contributed by atoms with E-state index in [2.05, 4.69) is 12.2 Å². The van der Waals surface area contributed by atoms with Gasteiger partial charge < -0.3 is 15.8 Å². The van der Waals surface area contributed by atoms with E-state index < -0.39 is 0 Å². The average Bonchev–Trinajstić information content (AvgIpc) is 2.32. The highest BCUT2D eigenvalue weighted by atomic mass is 16.5. The fourth-order valence-corrected chi connectivity index (χ4v) is 1.38. The summed E-state index contributed by atoms with van der Waals surface area (Å²) in [5, 5.41) is 2.74. The van der Waals surface area contributed by atoms with Crippen LogP contribution < -0.4 is 11.1 Å². The van der Waals surface area contributed by atoms with Crippen LogP contribution in [-0.4, -0.2) is 19.1 Å². The fourth-order valence-electron chi connectivity index (χ4n) is 1.38. The van der Waals surface area contributed by atoms with Crippen LogP contribution >= 0.6 is 0 Å². The lowest BCUT2D eigenvalue weighted by Gasteiger charge is -2.06. The molecule has 0 atom stereocenters. The van der Waals surface area contributed by atoms with Gasteiger partial charge in [0.15, 0.2) is 0 Å². The minimum atomic E-state index is -0.133. The van der Waals surface area contributed by atoms with Crippen LogP contribution in [0.25, 0.3) is 0 Å². The van der Waals surface area contributed by atoms with Crippen molar-refractivity contribution in [3.8, 4) is 0 Å². The molecule has 0 aromatic heterocycles. The number of nitrogens with two attached hydrogens (primary N) is 1. The minimum absolute atomic E-state index is 0.105. The van der Waals surface area contributed by atoms with Crippen molar-refractivity contribution in [1.82, 2.24) is 0 Å². The van der Waals surface area contributed by atoms with Gasteiger partial charge in [-0.25, -0.2) is 0 Å². The van der Waals surface area contributed by atoms with E-state index in [0.29, 0.717) is 12.3 Å². The molecule has 0 saturated heterocycles. The molecule has 0 aliphatic carbocycles. The third-order valence-electron chi connectivity index (χ3n) is 2.32. The number of carbonyl (C=O) groups is 1. The number of unbranched alkanes of at least 4 members (excludes halogenated alkanes) is 2. The standard InChI is InChI=1S/C13H20N2O2/c1-2-3-4-9-17-10-13(16)15-12-7-5-11(14)6-8-12/h5-8H,2-4,9-10,14H2,1H3,(H,15,16). The second-order valence-corrected chi connectivity index (χ2v) is 3.93. The molecule has 0 unspecified atom stereocenters. The predicted octanol–water partition coefficient (Wildman–Crippen LogP) is 2.41. The Labute approximate surface area is 102 Å². The largest absolute Gasteiger partial charge is 0.399 e. The number of ether oxygens (including phenoxy) is 1. The maximum Gasteiger partial charge on any atom is 0.250 e. The maximum absolute atomic E-state index is 11.5. The first-order valence-corrected chi connectivity index (χ1v) is 5.95. The molecule has 4 heteroatoms. The molecular formula is C13H20N2O2. The highest BCUT2D eigenvalue weighted by Crippen LogP contribution is 2.10. The SMILES string of the molecule is CCCCCOCC(=O)Nc1ccc(N)cc1. The van der Waals surface area contributed by atoms with Crippen LogP contribution in [0, 0.1) is 0 Å². The number of benzene rings is 1. The molecule has 4 nitrogen and oxygen atoms in total. The quantitative estimate of drug-likeness (QED) is 0.564. The van der Waals surface area contributed by atoms with Crippen LogP contribution in [0.3, 0.4) is 0 Å². The molecule has 0 spiro atoms. The molecule has 1 aromatic carbocycles. The van der Waals surface area contributed by atoms with E-state index in [1.54, 1.807) is 24.3 Å². The van der Waals surface area contributed by atoms with Crippen molar-refractivity contribution in [3.05, 3.63) is 24.3 Å². The molecule has 0 heterocycles. The van der Waals surface area contributed by atoms with E-state index in [1.165, 1.54) is 0 Å². The Morgan fingerprint density at radius 2 is 2.00 bits per heavy atom. The molecule has 94 valence electrons. The first-order chi connectivity index (χ1) is 8.22. The molecule has 1 amide bonds.